The summed E-state index contributed by atoms with van der Waals surface area (Å²) in [6.07, 6.45) is 1.22. The molecule has 0 fully saturated rings. The Bertz CT molecular complexity index is 993. The molecule has 0 bridgehead atoms. The number of aromatic nitrogens is 2. The number of hydrogen-bond donors (Lipinski definition) is 2. The van der Waals surface area contributed by atoms with Crippen LogP contribution in [-0.4, -0.2) is 15.8 Å². The SMILES string of the molecule is Cn1nc(C(C)(F)F)cc1CCc1cc(Cl)c2c(CNC(N)=O)csc2c1. The molecule has 3 N–H and O–H groups in total. The van der Waals surface area contributed by atoms with Gasteiger partial charge >= 0.3 is 6.03 Å². The Hall–Kier alpha value is -2.19. The molecular weight excluding hydrogens is 394 g/mol. The van der Waals surface area contributed by atoms with E-state index in [9.17, 15) is 13.6 Å². The number of nitrogens with zero attached hydrogens (tertiary/aromatic N) is 2. The molecule has 3 aromatic rings. The monoisotopic (exact) mass is 412 g/mol. The molecule has 9 heteroatoms. The zero-order valence-electron chi connectivity index (χ0n) is 14.9. The molecule has 3 rings (SSSR count). The third-order valence-electron chi connectivity index (χ3n) is 4.31. The molecule has 0 spiro atoms. The van der Waals surface area contributed by atoms with Gasteiger partial charge in [-0.15, -0.1) is 11.3 Å². The maximum Gasteiger partial charge on any atom is 0.312 e. The molecule has 0 saturated heterocycles. The van der Waals surface area contributed by atoms with Crippen molar-refractivity contribution in [2.75, 3.05) is 0 Å². The van der Waals surface area contributed by atoms with Crippen molar-refractivity contribution in [1.82, 2.24) is 15.1 Å². The number of nitrogens with one attached hydrogen (secondary N) is 1. The number of thiophene rings is 1. The number of nitrogens with two attached hydrogens (primary N) is 1. The molecule has 0 aliphatic heterocycles. The van der Waals surface area contributed by atoms with E-state index in [4.69, 9.17) is 17.3 Å². The summed E-state index contributed by atoms with van der Waals surface area (Å²) in [6, 6.07) is 4.76. The number of benzene rings is 1. The number of rotatable bonds is 6. The number of aryl methyl sites for hydroxylation is 3. The minimum Gasteiger partial charge on any atom is -0.352 e. The summed E-state index contributed by atoms with van der Waals surface area (Å²) >= 11 is 7.98. The van der Waals surface area contributed by atoms with Gasteiger partial charge in [-0.3, -0.25) is 4.68 Å². The van der Waals surface area contributed by atoms with Crippen molar-refractivity contribution < 1.29 is 13.6 Å². The molecular formula is C18H19ClF2N4OS. The lowest BCUT2D eigenvalue weighted by atomic mass is 10.0. The first-order chi connectivity index (χ1) is 12.6. The molecule has 2 aromatic heterocycles. The smallest absolute Gasteiger partial charge is 0.312 e. The molecule has 0 unspecified atom stereocenters. The fourth-order valence-electron chi connectivity index (χ4n) is 2.92. The highest BCUT2D eigenvalue weighted by molar-refractivity contribution is 7.17. The Kier molecular flexibility index (Phi) is 5.39. The Balaban J connectivity index is 1.78. The van der Waals surface area contributed by atoms with Gasteiger partial charge in [0.1, 0.15) is 5.69 Å². The minimum atomic E-state index is -2.95. The number of primary amides is 1. The molecule has 5 nitrogen and oxygen atoms in total. The molecule has 144 valence electrons. The first-order valence-corrected chi connectivity index (χ1v) is 9.54. The third kappa shape index (κ3) is 4.39. The lowest BCUT2D eigenvalue weighted by Crippen LogP contribution is -2.28. The summed E-state index contributed by atoms with van der Waals surface area (Å²) in [5, 5.41) is 9.89. The lowest BCUT2D eigenvalue weighted by molar-refractivity contribution is 0.0122. The molecule has 1 aromatic carbocycles. The number of amides is 2. The largest absolute Gasteiger partial charge is 0.352 e. The van der Waals surface area contributed by atoms with E-state index < -0.39 is 12.0 Å². The van der Waals surface area contributed by atoms with Gasteiger partial charge in [-0.25, -0.2) is 4.79 Å². The standard InChI is InChI=1S/C18H19ClF2N4OS/c1-18(20,21)15-7-12(25(2)24-15)4-3-10-5-13(19)16-11(8-23-17(22)26)9-27-14(16)6-10/h5-7,9H,3-4,8H2,1-2H3,(H3,22,23,26). The van der Waals surface area contributed by atoms with E-state index in [2.05, 4.69) is 10.4 Å². The van der Waals surface area contributed by atoms with Gasteiger partial charge in [0.25, 0.3) is 5.92 Å². The average molecular weight is 413 g/mol. The molecule has 0 aliphatic rings. The van der Waals surface area contributed by atoms with E-state index in [1.807, 2.05) is 17.5 Å². The Morgan fingerprint density at radius 2 is 2.11 bits per heavy atom. The number of fused-ring (bicyclic) bond motifs is 1. The van der Waals surface area contributed by atoms with Crippen molar-refractivity contribution in [2.24, 2.45) is 12.8 Å². The van der Waals surface area contributed by atoms with Crippen molar-refractivity contribution in [2.45, 2.75) is 32.2 Å². The number of alkyl halides is 2. The van der Waals surface area contributed by atoms with Gasteiger partial charge in [0, 0.05) is 41.3 Å². The van der Waals surface area contributed by atoms with Crippen LogP contribution in [0.5, 0.6) is 0 Å². The highest BCUT2D eigenvalue weighted by atomic mass is 35.5. The summed E-state index contributed by atoms with van der Waals surface area (Å²) in [4.78, 5) is 10.9. The highest BCUT2D eigenvalue weighted by Gasteiger charge is 2.28. The first-order valence-electron chi connectivity index (χ1n) is 8.28. The Labute approximate surface area is 164 Å². The zero-order valence-corrected chi connectivity index (χ0v) is 16.4. The van der Waals surface area contributed by atoms with Gasteiger partial charge in [-0.2, -0.15) is 13.9 Å². The molecule has 0 aliphatic carbocycles. The van der Waals surface area contributed by atoms with E-state index in [1.165, 1.54) is 22.1 Å². The van der Waals surface area contributed by atoms with E-state index in [0.717, 1.165) is 33.8 Å². The Morgan fingerprint density at radius 1 is 1.37 bits per heavy atom. The van der Waals surface area contributed by atoms with Gasteiger partial charge in [0.15, 0.2) is 0 Å². The van der Waals surface area contributed by atoms with Crippen LogP contribution in [0.4, 0.5) is 13.6 Å². The topological polar surface area (TPSA) is 72.9 Å². The van der Waals surface area contributed by atoms with Crippen molar-refractivity contribution in [3.05, 3.63) is 51.1 Å². The number of urea groups is 1. The molecule has 27 heavy (non-hydrogen) atoms. The summed E-state index contributed by atoms with van der Waals surface area (Å²) in [6.45, 7) is 1.16. The van der Waals surface area contributed by atoms with Crippen LogP contribution >= 0.6 is 22.9 Å². The van der Waals surface area contributed by atoms with Crippen molar-refractivity contribution >= 4 is 39.1 Å². The van der Waals surface area contributed by atoms with Crippen LogP contribution in [0.15, 0.2) is 23.6 Å². The second-order valence-electron chi connectivity index (χ2n) is 6.46. The molecule has 0 saturated carbocycles. The van der Waals surface area contributed by atoms with Gasteiger partial charge in [0.2, 0.25) is 0 Å². The van der Waals surface area contributed by atoms with Crippen LogP contribution in [0.1, 0.15) is 29.4 Å². The maximum absolute atomic E-state index is 13.4. The molecule has 0 atom stereocenters. The zero-order chi connectivity index (χ0) is 19.8. The minimum absolute atomic E-state index is 0.224. The number of carbonyl (C=O) groups excluding carboxylic acids is 1. The second kappa shape index (κ2) is 7.44. The quantitative estimate of drug-likeness (QED) is 0.631. The van der Waals surface area contributed by atoms with Crippen molar-refractivity contribution in [1.29, 1.82) is 0 Å². The van der Waals surface area contributed by atoms with E-state index in [1.54, 1.807) is 7.05 Å². The summed E-state index contributed by atoms with van der Waals surface area (Å²) in [5.74, 6) is -2.95. The van der Waals surface area contributed by atoms with Crippen molar-refractivity contribution in [3.8, 4) is 0 Å². The van der Waals surface area contributed by atoms with Crippen LogP contribution in [0.3, 0.4) is 0 Å². The summed E-state index contributed by atoms with van der Waals surface area (Å²) < 4.78 is 29.4. The van der Waals surface area contributed by atoms with Crippen LogP contribution in [0.2, 0.25) is 5.02 Å². The maximum atomic E-state index is 13.4. The van der Waals surface area contributed by atoms with Gasteiger partial charge in [-0.05, 0) is 47.5 Å². The number of carbonyl (C=O) groups is 1. The van der Waals surface area contributed by atoms with Crippen molar-refractivity contribution in [3.63, 3.8) is 0 Å². The van der Waals surface area contributed by atoms with Gasteiger partial charge in [-0.1, -0.05) is 11.6 Å². The number of hydrogen-bond acceptors (Lipinski definition) is 3. The van der Waals surface area contributed by atoms with Crippen LogP contribution in [-0.2, 0) is 32.4 Å². The van der Waals surface area contributed by atoms with E-state index in [-0.39, 0.29) is 5.69 Å². The predicted octanol–water partition coefficient (Wildman–Crippen LogP) is 4.35. The lowest BCUT2D eigenvalue weighted by Gasteiger charge is -2.06. The highest BCUT2D eigenvalue weighted by Crippen LogP contribution is 2.34. The fourth-order valence-corrected chi connectivity index (χ4v) is 4.38. The summed E-state index contributed by atoms with van der Waals surface area (Å²) in [7, 11) is 1.66. The first kappa shape index (κ1) is 19.6. The predicted molar refractivity (Wildman–Crippen MR) is 103 cm³/mol. The van der Waals surface area contributed by atoms with Gasteiger partial charge < -0.3 is 11.1 Å². The van der Waals surface area contributed by atoms with E-state index >= 15 is 0 Å². The second-order valence-corrected chi connectivity index (χ2v) is 7.78. The van der Waals surface area contributed by atoms with Crippen LogP contribution in [0, 0.1) is 0 Å². The average Bonchev–Trinajstić information content (AvgIpc) is 3.14. The number of halogens is 3. The van der Waals surface area contributed by atoms with Gasteiger partial charge in [0.05, 0.1) is 0 Å². The third-order valence-corrected chi connectivity index (χ3v) is 5.59. The molecule has 0 radical (unpaired) electrons. The normalized spacial score (nSPS) is 11.9. The summed E-state index contributed by atoms with van der Waals surface area (Å²) in [5.41, 5.74) is 7.55. The van der Waals surface area contributed by atoms with E-state index in [0.29, 0.717) is 24.4 Å². The molecule has 2 heterocycles. The van der Waals surface area contributed by atoms with Crippen LogP contribution in [0.25, 0.3) is 10.1 Å². The fraction of sp³-hybridized carbons (Fsp3) is 0.333. The van der Waals surface area contributed by atoms with Crippen LogP contribution < -0.4 is 11.1 Å². The Morgan fingerprint density at radius 3 is 2.74 bits per heavy atom. The molecule has 2 amide bonds.